The van der Waals surface area contributed by atoms with Crippen molar-refractivity contribution in [2.75, 3.05) is 7.11 Å². The number of ether oxygens (including phenoxy) is 1. The Morgan fingerprint density at radius 2 is 2.04 bits per heavy atom. The number of H-pyrrole nitrogens is 1. The molecule has 1 aliphatic heterocycles. The fraction of sp³-hybridized carbons (Fsp3) is 0.450. The molecule has 140 valence electrons. The van der Waals surface area contributed by atoms with Gasteiger partial charge in [-0.25, -0.2) is 4.79 Å². The molecule has 0 radical (unpaired) electrons. The number of aromatic nitrogens is 1. The monoisotopic (exact) mass is 401 g/mol. The first-order valence-corrected chi connectivity index (χ1v) is 10.8. The van der Waals surface area contributed by atoms with Crippen LogP contribution in [0, 0.1) is 23.7 Å². The second kappa shape index (κ2) is 6.34. The highest BCUT2D eigenvalue weighted by Gasteiger charge is 2.58. The SMILES string of the molecule is COC(=O)c1ccc([C@H]2c3sc(=O)[nH]c3S[C@@H]3[C@@H]4C[C@H]([C@@H]23)[C@@H](C=O)C4)cc1. The molecule has 0 spiro atoms. The summed E-state index contributed by atoms with van der Waals surface area (Å²) in [6.45, 7) is 0. The van der Waals surface area contributed by atoms with Gasteiger partial charge in [0.25, 0.3) is 0 Å². The third-order valence-electron chi connectivity index (χ3n) is 6.47. The molecule has 2 fully saturated rings. The van der Waals surface area contributed by atoms with Crippen LogP contribution in [-0.2, 0) is 9.53 Å². The maximum absolute atomic E-state index is 12.1. The summed E-state index contributed by atoms with van der Waals surface area (Å²) >= 11 is 3.08. The Kier molecular flexibility index (Phi) is 4.05. The molecule has 1 N–H and O–H groups in total. The first-order valence-electron chi connectivity index (χ1n) is 9.14. The standard InChI is InChI=1S/C20H19NO4S2/c1-25-19(23)10-4-2-9(3-5-10)14-15-13-7-11(6-12(13)8-22)16(15)26-18-17(14)27-20(24)21-18/h2-5,8,11-16H,6-7H2,1H3,(H,21,24)/t11-,12+,13-,14+,15-,16+/m0/s1. The minimum Gasteiger partial charge on any atom is -0.465 e. The van der Waals surface area contributed by atoms with Crippen molar-refractivity contribution in [3.63, 3.8) is 0 Å². The van der Waals surface area contributed by atoms with Crippen LogP contribution in [0.1, 0.15) is 39.6 Å². The summed E-state index contributed by atoms with van der Waals surface area (Å²) in [7, 11) is 1.37. The van der Waals surface area contributed by atoms with Gasteiger partial charge in [0.15, 0.2) is 0 Å². The zero-order valence-electron chi connectivity index (χ0n) is 14.7. The quantitative estimate of drug-likeness (QED) is 0.631. The summed E-state index contributed by atoms with van der Waals surface area (Å²) in [6.07, 6.45) is 3.21. The van der Waals surface area contributed by atoms with Crippen molar-refractivity contribution >= 4 is 35.4 Å². The van der Waals surface area contributed by atoms with E-state index >= 15 is 0 Å². The zero-order chi connectivity index (χ0) is 18.7. The number of hydrogen-bond acceptors (Lipinski definition) is 6. The van der Waals surface area contributed by atoms with Gasteiger partial charge in [0.1, 0.15) is 6.29 Å². The van der Waals surface area contributed by atoms with Crippen LogP contribution in [0.4, 0.5) is 0 Å². The van der Waals surface area contributed by atoms with Crippen LogP contribution in [-0.4, -0.2) is 29.6 Å². The van der Waals surface area contributed by atoms with E-state index < -0.39 is 0 Å². The predicted molar refractivity (Wildman–Crippen MR) is 103 cm³/mol. The van der Waals surface area contributed by atoms with Gasteiger partial charge in [-0.05, 0) is 48.3 Å². The number of fused-ring (bicyclic) bond motifs is 6. The average molecular weight is 402 g/mol. The lowest BCUT2D eigenvalue weighted by atomic mass is 9.71. The molecule has 5 nitrogen and oxygen atoms in total. The van der Waals surface area contributed by atoms with Gasteiger partial charge in [0.05, 0.1) is 17.7 Å². The molecular formula is C20H19NO4S2. The Morgan fingerprint density at radius 3 is 2.74 bits per heavy atom. The van der Waals surface area contributed by atoms with Crippen LogP contribution >= 0.6 is 23.1 Å². The second-order valence-electron chi connectivity index (χ2n) is 7.65. The van der Waals surface area contributed by atoms with Gasteiger partial charge >= 0.3 is 10.8 Å². The first-order chi connectivity index (χ1) is 13.1. The molecule has 0 amide bonds. The number of thiazole rings is 1. The number of aldehydes is 1. The zero-order valence-corrected chi connectivity index (χ0v) is 16.3. The Balaban J connectivity index is 1.60. The molecule has 1 aromatic carbocycles. The number of nitrogens with one attached hydrogen (secondary N) is 1. The molecule has 6 atom stereocenters. The van der Waals surface area contributed by atoms with Crippen molar-refractivity contribution in [2.24, 2.45) is 23.7 Å². The summed E-state index contributed by atoms with van der Waals surface area (Å²) < 4.78 is 4.79. The number of aromatic amines is 1. The number of benzene rings is 1. The molecule has 2 saturated carbocycles. The molecule has 2 aliphatic carbocycles. The highest BCUT2D eigenvalue weighted by Crippen LogP contribution is 2.64. The number of rotatable bonds is 3. The number of hydrogen-bond donors (Lipinski definition) is 1. The Bertz CT molecular complexity index is 963. The Hall–Kier alpha value is -1.86. The van der Waals surface area contributed by atoms with Crippen molar-refractivity contribution in [3.8, 4) is 0 Å². The molecule has 0 saturated heterocycles. The minimum atomic E-state index is -0.355. The lowest BCUT2D eigenvalue weighted by Gasteiger charge is -2.41. The summed E-state index contributed by atoms with van der Waals surface area (Å²) in [6, 6.07) is 7.52. The van der Waals surface area contributed by atoms with E-state index in [4.69, 9.17) is 4.74 Å². The summed E-state index contributed by atoms with van der Waals surface area (Å²) in [4.78, 5) is 39.5. The van der Waals surface area contributed by atoms with Gasteiger partial charge in [-0.1, -0.05) is 23.5 Å². The van der Waals surface area contributed by atoms with E-state index in [1.165, 1.54) is 18.4 Å². The lowest BCUT2D eigenvalue weighted by Crippen LogP contribution is -2.37. The molecular weight excluding hydrogens is 382 g/mol. The first kappa shape index (κ1) is 17.3. The van der Waals surface area contributed by atoms with Crippen LogP contribution < -0.4 is 4.87 Å². The van der Waals surface area contributed by atoms with Crippen LogP contribution in [0.25, 0.3) is 0 Å². The van der Waals surface area contributed by atoms with Crippen LogP contribution in [0.3, 0.4) is 0 Å². The molecule has 2 bridgehead atoms. The van der Waals surface area contributed by atoms with E-state index in [-0.39, 0.29) is 22.7 Å². The van der Waals surface area contributed by atoms with Gasteiger partial charge < -0.3 is 14.5 Å². The minimum absolute atomic E-state index is 0.0251. The lowest BCUT2D eigenvalue weighted by molar-refractivity contribution is -0.113. The number of carbonyl (C=O) groups is 2. The Morgan fingerprint density at radius 1 is 1.26 bits per heavy atom. The predicted octanol–water partition coefficient (Wildman–Crippen LogP) is 3.30. The summed E-state index contributed by atoms with van der Waals surface area (Å²) in [5, 5.41) is 1.43. The third kappa shape index (κ3) is 2.55. The molecule has 0 unspecified atom stereocenters. The molecule has 1 aromatic heterocycles. The fourth-order valence-electron chi connectivity index (χ4n) is 5.43. The van der Waals surface area contributed by atoms with E-state index in [1.54, 1.807) is 23.9 Å². The highest BCUT2D eigenvalue weighted by molar-refractivity contribution is 8.00. The fourth-order valence-corrected chi connectivity index (χ4v) is 8.28. The third-order valence-corrected chi connectivity index (χ3v) is 9.09. The largest absolute Gasteiger partial charge is 0.465 e. The van der Waals surface area contributed by atoms with E-state index in [2.05, 4.69) is 4.98 Å². The second-order valence-corrected chi connectivity index (χ2v) is 9.86. The van der Waals surface area contributed by atoms with Gasteiger partial charge in [0, 0.05) is 22.0 Å². The number of thioether (sulfide) groups is 1. The average Bonchev–Trinajstić information content (AvgIpc) is 3.37. The van der Waals surface area contributed by atoms with Gasteiger partial charge in [-0.15, -0.1) is 11.8 Å². The van der Waals surface area contributed by atoms with Gasteiger partial charge in [-0.3, -0.25) is 4.79 Å². The number of carbonyl (C=O) groups excluding carboxylic acids is 2. The molecule has 27 heavy (non-hydrogen) atoms. The van der Waals surface area contributed by atoms with Gasteiger partial charge in [0.2, 0.25) is 0 Å². The summed E-state index contributed by atoms with van der Waals surface area (Å²) in [5.41, 5.74) is 1.62. The van der Waals surface area contributed by atoms with E-state index in [0.717, 1.165) is 34.6 Å². The van der Waals surface area contributed by atoms with E-state index in [9.17, 15) is 14.4 Å². The van der Waals surface area contributed by atoms with Crippen molar-refractivity contribution in [2.45, 2.75) is 29.0 Å². The Labute approximate surface area is 164 Å². The van der Waals surface area contributed by atoms with Crippen LogP contribution in [0.2, 0.25) is 0 Å². The molecule has 7 heteroatoms. The number of methoxy groups -OCH3 is 1. The molecule has 2 aromatic rings. The smallest absolute Gasteiger partial charge is 0.337 e. The highest BCUT2D eigenvalue weighted by atomic mass is 32.2. The van der Waals surface area contributed by atoms with Gasteiger partial charge in [-0.2, -0.15) is 0 Å². The van der Waals surface area contributed by atoms with Crippen molar-refractivity contribution in [3.05, 3.63) is 49.9 Å². The summed E-state index contributed by atoms with van der Waals surface area (Å²) in [5.74, 6) is 1.14. The topological polar surface area (TPSA) is 76.2 Å². The maximum atomic E-state index is 12.1. The van der Waals surface area contributed by atoms with Crippen LogP contribution in [0.5, 0.6) is 0 Å². The van der Waals surface area contributed by atoms with Crippen molar-refractivity contribution in [1.82, 2.24) is 4.98 Å². The maximum Gasteiger partial charge on any atom is 0.337 e. The van der Waals surface area contributed by atoms with Crippen LogP contribution in [0.15, 0.2) is 34.1 Å². The van der Waals surface area contributed by atoms with Crippen molar-refractivity contribution < 1.29 is 14.3 Å². The molecule has 2 heterocycles. The molecule has 5 rings (SSSR count). The van der Waals surface area contributed by atoms with Crippen molar-refractivity contribution in [1.29, 1.82) is 0 Å². The number of esters is 1. The molecule has 3 aliphatic rings. The van der Waals surface area contributed by atoms with E-state index in [0.29, 0.717) is 28.6 Å². The normalized spacial score (nSPS) is 33.4. The van der Waals surface area contributed by atoms with E-state index in [1.807, 2.05) is 12.1 Å².